The third-order valence-corrected chi connectivity index (χ3v) is 5.66. The second-order valence-corrected chi connectivity index (χ2v) is 7.36. The number of amides is 1. The molecule has 2 heterocycles. The van der Waals surface area contributed by atoms with Gasteiger partial charge >= 0.3 is 5.97 Å². The van der Waals surface area contributed by atoms with E-state index in [1.807, 2.05) is 24.3 Å². The van der Waals surface area contributed by atoms with Gasteiger partial charge in [0.05, 0.1) is 23.8 Å². The Hall–Kier alpha value is -2.27. The Balaban J connectivity index is 1.78. The van der Waals surface area contributed by atoms with Gasteiger partial charge in [-0.3, -0.25) is 9.59 Å². The summed E-state index contributed by atoms with van der Waals surface area (Å²) in [6.45, 7) is 4.90. The molecule has 0 saturated carbocycles. The molecule has 3 rings (SSSR count). The van der Waals surface area contributed by atoms with Crippen LogP contribution in [-0.4, -0.2) is 36.5 Å². The Morgan fingerprint density at radius 1 is 1.22 bits per heavy atom. The number of carbonyl (C=O) groups is 2. The average Bonchev–Trinajstić information content (AvgIpc) is 3.10. The number of furan rings is 1. The molecule has 0 atom stereocenters. The number of hydrogen-bond donors (Lipinski definition) is 0. The van der Waals surface area contributed by atoms with E-state index in [0.717, 1.165) is 5.56 Å². The molecular formula is C21H24ClNO4. The third-order valence-electron chi connectivity index (χ3n) is 5.29. The number of rotatable bonds is 5. The molecule has 0 radical (unpaired) electrons. The van der Waals surface area contributed by atoms with E-state index in [0.29, 0.717) is 55.3 Å². The molecule has 1 saturated heterocycles. The molecule has 0 spiro atoms. The normalized spacial score (nSPS) is 16.2. The molecule has 1 aromatic heterocycles. The van der Waals surface area contributed by atoms with Gasteiger partial charge in [-0.15, -0.1) is 0 Å². The Labute approximate surface area is 164 Å². The van der Waals surface area contributed by atoms with Crippen molar-refractivity contribution in [1.82, 2.24) is 4.90 Å². The van der Waals surface area contributed by atoms with Crippen molar-refractivity contribution in [3.8, 4) is 0 Å². The molecule has 1 aromatic carbocycles. The number of aryl methyl sites for hydroxylation is 1. The molecule has 1 amide bonds. The lowest BCUT2D eigenvalue weighted by atomic mass is 9.73. The molecule has 144 valence electrons. The van der Waals surface area contributed by atoms with Crippen LogP contribution < -0.4 is 0 Å². The van der Waals surface area contributed by atoms with Crippen molar-refractivity contribution in [2.45, 2.75) is 33.1 Å². The lowest BCUT2D eigenvalue weighted by Gasteiger charge is -2.40. The van der Waals surface area contributed by atoms with E-state index in [4.69, 9.17) is 20.8 Å². The van der Waals surface area contributed by atoms with Crippen molar-refractivity contribution >= 4 is 23.5 Å². The molecular weight excluding hydrogens is 366 g/mol. The Bertz CT molecular complexity index is 821. The smallest absolute Gasteiger partial charge is 0.312 e. The van der Waals surface area contributed by atoms with E-state index in [2.05, 4.69) is 0 Å². The van der Waals surface area contributed by atoms with E-state index in [1.54, 1.807) is 24.8 Å². The highest BCUT2D eigenvalue weighted by atomic mass is 35.5. The number of carbonyl (C=O) groups excluding carboxylic acids is 2. The molecule has 0 aliphatic carbocycles. The Morgan fingerprint density at radius 3 is 2.52 bits per heavy atom. The fourth-order valence-electron chi connectivity index (χ4n) is 3.66. The van der Waals surface area contributed by atoms with Crippen LogP contribution in [-0.2, 0) is 16.0 Å². The quantitative estimate of drug-likeness (QED) is 0.716. The molecule has 2 aromatic rings. The van der Waals surface area contributed by atoms with Gasteiger partial charge in [-0.2, -0.15) is 0 Å². The lowest BCUT2D eigenvalue weighted by molar-refractivity contribution is -0.158. The number of likely N-dealkylation sites (tertiary alicyclic amines) is 1. The molecule has 5 nitrogen and oxygen atoms in total. The van der Waals surface area contributed by atoms with E-state index < -0.39 is 5.41 Å². The van der Waals surface area contributed by atoms with Gasteiger partial charge in [0.15, 0.2) is 0 Å². The van der Waals surface area contributed by atoms with Crippen LogP contribution >= 0.6 is 11.6 Å². The topological polar surface area (TPSA) is 59.8 Å². The van der Waals surface area contributed by atoms with Crippen LogP contribution in [0.4, 0.5) is 0 Å². The summed E-state index contributed by atoms with van der Waals surface area (Å²) in [5, 5.41) is 0.647. The summed E-state index contributed by atoms with van der Waals surface area (Å²) in [5.74, 6) is 0.339. The minimum Gasteiger partial charge on any atom is -0.469 e. The molecule has 1 aliphatic rings. The van der Waals surface area contributed by atoms with Crippen molar-refractivity contribution < 1.29 is 18.7 Å². The number of benzene rings is 1. The summed E-state index contributed by atoms with van der Waals surface area (Å²) in [6.07, 6.45) is 3.12. The molecule has 0 N–H and O–H groups in total. The Kier molecular flexibility index (Phi) is 5.90. The van der Waals surface area contributed by atoms with Crippen molar-refractivity contribution in [2.24, 2.45) is 5.41 Å². The van der Waals surface area contributed by atoms with E-state index in [-0.39, 0.29) is 11.9 Å². The van der Waals surface area contributed by atoms with Crippen molar-refractivity contribution in [3.05, 3.63) is 58.5 Å². The zero-order valence-electron chi connectivity index (χ0n) is 15.7. The van der Waals surface area contributed by atoms with Crippen LogP contribution in [0.2, 0.25) is 5.02 Å². The van der Waals surface area contributed by atoms with Crippen LogP contribution in [0.5, 0.6) is 0 Å². The molecule has 1 aliphatic heterocycles. The highest BCUT2D eigenvalue weighted by Crippen LogP contribution is 2.38. The summed E-state index contributed by atoms with van der Waals surface area (Å²) in [5.41, 5.74) is 0.839. The summed E-state index contributed by atoms with van der Waals surface area (Å²) in [4.78, 5) is 27.3. The highest BCUT2D eigenvalue weighted by Gasteiger charge is 2.44. The first-order valence-electron chi connectivity index (χ1n) is 9.21. The molecule has 0 unspecified atom stereocenters. The van der Waals surface area contributed by atoms with E-state index >= 15 is 0 Å². The van der Waals surface area contributed by atoms with E-state index in [9.17, 15) is 9.59 Å². The maximum Gasteiger partial charge on any atom is 0.312 e. The number of piperidine rings is 1. The fourth-order valence-corrected chi connectivity index (χ4v) is 3.86. The summed E-state index contributed by atoms with van der Waals surface area (Å²) < 4.78 is 10.6. The van der Waals surface area contributed by atoms with Gasteiger partial charge in [0, 0.05) is 18.1 Å². The van der Waals surface area contributed by atoms with Crippen LogP contribution in [0.3, 0.4) is 0 Å². The van der Waals surface area contributed by atoms with Crippen molar-refractivity contribution in [1.29, 1.82) is 0 Å². The largest absolute Gasteiger partial charge is 0.469 e. The number of esters is 1. The van der Waals surface area contributed by atoms with Gasteiger partial charge < -0.3 is 14.1 Å². The number of hydrogen-bond acceptors (Lipinski definition) is 4. The first-order valence-corrected chi connectivity index (χ1v) is 9.58. The average molecular weight is 390 g/mol. The first kappa shape index (κ1) is 19.5. The predicted molar refractivity (Wildman–Crippen MR) is 103 cm³/mol. The predicted octanol–water partition coefficient (Wildman–Crippen LogP) is 4.27. The summed E-state index contributed by atoms with van der Waals surface area (Å²) in [6, 6.07) is 9.25. The van der Waals surface area contributed by atoms with E-state index in [1.165, 1.54) is 6.26 Å². The first-order chi connectivity index (χ1) is 13.0. The lowest BCUT2D eigenvalue weighted by Crippen LogP contribution is -2.48. The van der Waals surface area contributed by atoms with Crippen LogP contribution in [0.25, 0.3) is 0 Å². The Morgan fingerprint density at radius 2 is 1.93 bits per heavy atom. The minimum atomic E-state index is -0.663. The van der Waals surface area contributed by atoms with Gasteiger partial charge in [0.2, 0.25) is 0 Å². The molecule has 0 bridgehead atoms. The zero-order valence-corrected chi connectivity index (χ0v) is 16.4. The van der Waals surface area contributed by atoms with Gasteiger partial charge in [-0.25, -0.2) is 0 Å². The van der Waals surface area contributed by atoms with Crippen LogP contribution in [0, 0.1) is 12.3 Å². The van der Waals surface area contributed by atoms with Crippen LogP contribution in [0.15, 0.2) is 41.0 Å². The minimum absolute atomic E-state index is 0.0588. The second kappa shape index (κ2) is 8.17. The standard InChI is InChI=1S/C21H24ClNO4/c1-3-26-20(25)21(14-16-6-4-5-7-18(16)22)9-11-23(12-10-21)19(24)17-8-13-27-15(17)2/h4-8,13H,3,9-12,14H2,1-2H3. The maximum absolute atomic E-state index is 12.8. The van der Waals surface area contributed by atoms with Crippen molar-refractivity contribution in [2.75, 3.05) is 19.7 Å². The number of nitrogens with zero attached hydrogens (tertiary/aromatic N) is 1. The van der Waals surface area contributed by atoms with Gasteiger partial charge in [-0.05, 0) is 50.8 Å². The van der Waals surface area contributed by atoms with Gasteiger partial charge in [-0.1, -0.05) is 29.8 Å². The fraction of sp³-hybridized carbons (Fsp3) is 0.429. The number of halogens is 1. The SMILES string of the molecule is CCOC(=O)C1(Cc2ccccc2Cl)CCN(C(=O)c2ccoc2C)CC1. The third kappa shape index (κ3) is 4.03. The summed E-state index contributed by atoms with van der Waals surface area (Å²) >= 11 is 6.32. The van der Waals surface area contributed by atoms with Crippen LogP contribution in [0.1, 0.15) is 41.4 Å². The highest BCUT2D eigenvalue weighted by molar-refractivity contribution is 6.31. The van der Waals surface area contributed by atoms with Gasteiger partial charge in [0.1, 0.15) is 5.76 Å². The molecule has 6 heteroatoms. The molecule has 27 heavy (non-hydrogen) atoms. The van der Waals surface area contributed by atoms with Gasteiger partial charge in [0.25, 0.3) is 5.91 Å². The maximum atomic E-state index is 12.8. The zero-order chi connectivity index (χ0) is 19.4. The summed E-state index contributed by atoms with van der Waals surface area (Å²) in [7, 11) is 0. The van der Waals surface area contributed by atoms with Crippen molar-refractivity contribution in [3.63, 3.8) is 0 Å². The monoisotopic (exact) mass is 389 g/mol. The second-order valence-electron chi connectivity index (χ2n) is 6.95. The molecule has 1 fully saturated rings. The number of ether oxygens (including phenoxy) is 1.